The van der Waals surface area contributed by atoms with Crippen LogP contribution in [0.5, 0.6) is 0 Å². The number of nitrogens with zero attached hydrogens (tertiary/aromatic N) is 1. The summed E-state index contributed by atoms with van der Waals surface area (Å²) in [7, 11) is -3.39. The van der Waals surface area contributed by atoms with Gasteiger partial charge >= 0.3 is 0 Å². The molecule has 2 atom stereocenters. The Morgan fingerprint density at radius 2 is 1.81 bits per heavy atom. The van der Waals surface area contributed by atoms with E-state index in [2.05, 4.69) is 5.32 Å². The first-order chi connectivity index (χ1) is 12.3. The van der Waals surface area contributed by atoms with Crippen LogP contribution in [0.15, 0.2) is 29.2 Å². The van der Waals surface area contributed by atoms with Crippen LogP contribution in [0.25, 0.3) is 0 Å². The normalized spacial score (nSPS) is 26.4. The fourth-order valence-corrected chi connectivity index (χ4v) is 5.48. The molecule has 2 fully saturated rings. The van der Waals surface area contributed by atoms with Crippen LogP contribution in [0.4, 0.5) is 0 Å². The molecule has 2 unspecified atom stereocenters. The maximum atomic E-state index is 12.5. The first kappa shape index (κ1) is 22.1. The second kappa shape index (κ2) is 8.90. The lowest BCUT2D eigenvalue weighted by Crippen LogP contribution is -2.52. The van der Waals surface area contributed by atoms with Gasteiger partial charge in [-0.15, -0.1) is 12.4 Å². The van der Waals surface area contributed by atoms with Gasteiger partial charge in [0.2, 0.25) is 15.9 Å². The molecule has 0 bridgehead atoms. The second-order valence-electron chi connectivity index (χ2n) is 7.78. The summed E-state index contributed by atoms with van der Waals surface area (Å²) >= 11 is 0. The number of rotatable bonds is 5. The molecule has 1 aromatic rings. The molecule has 1 aliphatic heterocycles. The Labute approximate surface area is 168 Å². The van der Waals surface area contributed by atoms with Gasteiger partial charge in [0.1, 0.15) is 0 Å². The molecule has 0 spiro atoms. The fraction of sp³-hybridized carbons (Fsp3) is 0.632. The van der Waals surface area contributed by atoms with E-state index in [0.717, 1.165) is 44.1 Å². The van der Waals surface area contributed by atoms with Gasteiger partial charge in [0.05, 0.1) is 10.8 Å². The van der Waals surface area contributed by atoms with Gasteiger partial charge in [0.25, 0.3) is 0 Å². The van der Waals surface area contributed by atoms with Gasteiger partial charge in [0, 0.05) is 25.2 Å². The highest BCUT2D eigenvalue weighted by molar-refractivity contribution is 7.89. The van der Waals surface area contributed by atoms with Crippen molar-refractivity contribution in [1.29, 1.82) is 0 Å². The maximum absolute atomic E-state index is 12.5. The zero-order chi connectivity index (χ0) is 18.8. The molecule has 3 N–H and O–H groups in total. The quantitative estimate of drug-likeness (QED) is 0.772. The fourth-order valence-electron chi connectivity index (χ4n) is 3.96. The third-order valence-electron chi connectivity index (χ3n) is 5.66. The van der Waals surface area contributed by atoms with E-state index in [-0.39, 0.29) is 24.2 Å². The largest absolute Gasteiger partial charge is 0.352 e. The molecule has 2 aliphatic rings. The molecule has 1 amide bonds. The minimum Gasteiger partial charge on any atom is -0.352 e. The molecule has 8 heteroatoms. The highest BCUT2D eigenvalue weighted by Crippen LogP contribution is 2.31. The number of halogens is 1. The van der Waals surface area contributed by atoms with E-state index >= 15 is 0 Å². The lowest BCUT2D eigenvalue weighted by Gasteiger charge is -2.37. The number of nitrogens with two attached hydrogens (primary N) is 1. The van der Waals surface area contributed by atoms with Crippen molar-refractivity contribution in [2.24, 2.45) is 11.7 Å². The number of amides is 1. The van der Waals surface area contributed by atoms with Crippen LogP contribution in [-0.2, 0) is 21.4 Å². The molecule has 0 radical (unpaired) electrons. The number of sulfonamides is 1. The Balaban J connectivity index is 0.00000261. The van der Waals surface area contributed by atoms with E-state index in [4.69, 9.17) is 5.73 Å². The van der Waals surface area contributed by atoms with Gasteiger partial charge < -0.3 is 11.1 Å². The highest BCUT2D eigenvalue weighted by Gasteiger charge is 2.37. The molecular weight excluding hydrogens is 386 g/mol. The molecule has 1 saturated heterocycles. The predicted molar refractivity (Wildman–Crippen MR) is 108 cm³/mol. The summed E-state index contributed by atoms with van der Waals surface area (Å²) < 4.78 is 26.6. The Bertz CT molecular complexity index is 744. The Hall–Kier alpha value is -1.15. The second-order valence-corrected chi connectivity index (χ2v) is 9.72. The van der Waals surface area contributed by atoms with E-state index in [1.54, 1.807) is 24.3 Å². The smallest absolute Gasteiger partial charge is 0.243 e. The van der Waals surface area contributed by atoms with Crippen LogP contribution in [0.1, 0.15) is 51.0 Å². The number of carbonyl (C=O) groups excluding carboxylic acids is 1. The average Bonchev–Trinajstić information content (AvgIpc) is 3.15. The molecule has 1 aliphatic carbocycles. The topological polar surface area (TPSA) is 92.5 Å². The number of hydrogen-bond donors (Lipinski definition) is 2. The third-order valence-corrected chi connectivity index (χ3v) is 7.58. The lowest BCUT2D eigenvalue weighted by atomic mass is 9.74. The van der Waals surface area contributed by atoms with Crippen molar-refractivity contribution in [1.82, 2.24) is 9.62 Å². The van der Waals surface area contributed by atoms with Crippen LogP contribution in [0, 0.1) is 5.92 Å². The number of nitrogens with one attached hydrogen (secondary N) is 1. The molecule has 3 rings (SSSR count). The molecule has 27 heavy (non-hydrogen) atoms. The molecule has 152 valence electrons. The molecule has 6 nitrogen and oxygen atoms in total. The van der Waals surface area contributed by atoms with Crippen LogP contribution < -0.4 is 11.1 Å². The Morgan fingerprint density at radius 1 is 1.19 bits per heavy atom. The minimum atomic E-state index is -3.39. The molecule has 1 saturated carbocycles. The van der Waals surface area contributed by atoms with Crippen molar-refractivity contribution < 1.29 is 13.2 Å². The van der Waals surface area contributed by atoms with E-state index < -0.39 is 15.6 Å². The maximum Gasteiger partial charge on any atom is 0.243 e. The van der Waals surface area contributed by atoms with Crippen LogP contribution in [-0.4, -0.2) is 37.3 Å². The van der Waals surface area contributed by atoms with Crippen molar-refractivity contribution >= 4 is 28.3 Å². The van der Waals surface area contributed by atoms with E-state index in [9.17, 15) is 13.2 Å². The van der Waals surface area contributed by atoms with Crippen molar-refractivity contribution in [3.8, 4) is 0 Å². The van der Waals surface area contributed by atoms with Gasteiger partial charge in [-0.2, -0.15) is 4.31 Å². The van der Waals surface area contributed by atoms with Crippen molar-refractivity contribution in [2.45, 2.75) is 62.4 Å². The van der Waals surface area contributed by atoms with E-state index in [1.165, 1.54) is 4.31 Å². The van der Waals surface area contributed by atoms with E-state index in [0.29, 0.717) is 24.5 Å². The van der Waals surface area contributed by atoms with Gasteiger partial charge in [0.15, 0.2) is 0 Å². The summed E-state index contributed by atoms with van der Waals surface area (Å²) in [6.45, 7) is 3.53. The van der Waals surface area contributed by atoms with Crippen molar-refractivity contribution in [2.75, 3.05) is 13.1 Å². The van der Waals surface area contributed by atoms with Crippen molar-refractivity contribution in [3.05, 3.63) is 29.8 Å². The Kier molecular flexibility index (Phi) is 7.30. The third kappa shape index (κ3) is 5.02. The van der Waals surface area contributed by atoms with Crippen LogP contribution in [0.3, 0.4) is 0 Å². The Morgan fingerprint density at radius 3 is 2.41 bits per heavy atom. The number of benzene rings is 1. The zero-order valence-electron chi connectivity index (χ0n) is 15.8. The summed E-state index contributed by atoms with van der Waals surface area (Å²) in [5.74, 6) is -0.172. The molecule has 1 heterocycles. The summed E-state index contributed by atoms with van der Waals surface area (Å²) in [5, 5.41) is 2.96. The SMILES string of the molecule is CC1(N)CCCCC1C(=O)NCc1ccc(S(=O)(=O)N2CCCC2)cc1.Cl. The van der Waals surface area contributed by atoms with Gasteiger partial charge in [-0.1, -0.05) is 25.0 Å². The monoisotopic (exact) mass is 415 g/mol. The molecule has 1 aromatic carbocycles. The van der Waals surface area contributed by atoms with E-state index in [1.807, 2.05) is 6.92 Å². The summed E-state index contributed by atoms with van der Waals surface area (Å²) in [4.78, 5) is 12.8. The first-order valence-electron chi connectivity index (χ1n) is 9.46. The molecule has 0 aromatic heterocycles. The minimum absolute atomic E-state index is 0. The highest BCUT2D eigenvalue weighted by atomic mass is 35.5. The molecular formula is C19H30ClN3O3S. The van der Waals surface area contributed by atoms with Gasteiger partial charge in [-0.3, -0.25) is 4.79 Å². The number of hydrogen-bond acceptors (Lipinski definition) is 4. The van der Waals surface area contributed by atoms with Gasteiger partial charge in [-0.25, -0.2) is 8.42 Å². The summed E-state index contributed by atoms with van der Waals surface area (Å²) in [6, 6.07) is 6.79. The predicted octanol–water partition coefficient (Wildman–Crippen LogP) is 2.42. The summed E-state index contributed by atoms with van der Waals surface area (Å²) in [5.41, 5.74) is 6.72. The van der Waals surface area contributed by atoms with Crippen LogP contribution >= 0.6 is 12.4 Å². The van der Waals surface area contributed by atoms with Crippen LogP contribution in [0.2, 0.25) is 0 Å². The zero-order valence-corrected chi connectivity index (χ0v) is 17.4. The number of carbonyl (C=O) groups is 1. The first-order valence-corrected chi connectivity index (χ1v) is 10.9. The van der Waals surface area contributed by atoms with Gasteiger partial charge in [-0.05, 0) is 50.3 Å². The lowest BCUT2D eigenvalue weighted by molar-refractivity contribution is -0.128. The average molecular weight is 416 g/mol. The standard InChI is InChI=1S/C19H29N3O3S.ClH/c1-19(20)11-3-2-6-17(19)18(23)21-14-15-7-9-16(10-8-15)26(24,25)22-12-4-5-13-22;/h7-10,17H,2-6,11-14,20H2,1H3,(H,21,23);1H. The summed E-state index contributed by atoms with van der Waals surface area (Å²) in [6.07, 6.45) is 5.65. The van der Waals surface area contributed by atoms with Crippen molar-refractivity contribution in [3.63, 3.8) is 0 Å².